The van der Waals surface area contributed by atoms with Gasteiger partial charge in [0.1, 0.15) is 5.65 Å². The minimum absolute atomic E-state index is 0.00864. The van der Waals surface area contributed by atoms with E-state index in [9.17, 15) is 13.2 Å². The van der Waals surface area contributed by atoms with Crippen LogP contribution in [0.15, 0.2) is 76.6 Å². The Hall–Kier alpha value is -3.80. The Morgan fingerprint density at radius 3 is 2.40 bits per heavy atom. The molecule has 1 fully saturated rings. The molecule has 40 heavy (non-hydrogen) atoms. The van der Waals surface area contributed by atoms with Crippen molar-refractivity contribution in [2.24, 2.45) is 0 Å². The first-order valence-electron chi connectivity index (χ1n) is 13.3. The molecule has 2 aromatic heterocycles. The van der Waals surface area contributed by atoms with E-state index >= 15 is 0 Å². The number of nitrogens with one attached hydrogen (secondary N) is 1. The quantitative estimate of drug-likeness (QED) is 0.330. The zero-order valence-corrected chi connectivity index (χ0v) is 23.9. The molecule has 3 heterocycles. The molecule has 0 bridgehead atoms. The molecule has 1 N–H and O–H groups in total. The molecule has 0 amide bonds. The van der Waals surface area contributed by atoms with E-state index in [1.165, 1.54) is 16.3 Å². The third-order valence-corrected chi connectivity index (χ3v) is 8.95. The van der Waals surface area contributed by atoms with Gasteiger partial charge in [-0.3, -0.25) is 9.36 Å². The van der Waals surface area contributed by atoms with E-state index in [1.54, 1.807) is 36.5 Å². The number of hydrogen-bond donors (Lipinski definition) is 1. The van der Waals surface area contributed by atoms with Gasteiger partial charge in [-0.05, 0) is 63.1 Å². The summed E-state index contributed by atoms with van der Waals surface area (Å²) in [4.78, 5) is 28.9. The predicted octanol–water partition coefficient (Wildman–Crippen LogP) is 2.67. The van der Waals surface area contributed by atoms with Crippen LogP contribution in [0.2, 0.25) is 0 Å². The molecule has 1 aliphatic rings. The van der Waals surface area contributed by atoms with Crippen molar-refractivity contribution in [1.29, 1.82) is 0 Å². The lowest BCUT2D eigenvalue weighted by Gasteiger charge is -2.34. The Bertz CT molecular complexity index is 1640. The Balaban J connectivity index is 1.41. The Labute approximate surface area is 234 Å². The molecule has 0 saturated carbocycles. The van der Waals surface area contributed by atoms with E-state index < -0.39 is 9.84 Å². The number of sulfone groups is 1. The van der Waals surface area contributed by atoms with Gasteiger partial charge in [0.25, 0.3) is 5.56 Å². The number of rotatable bonds is 9. The number of anilines is 3. The van der Waals surface area contributed by atoms with Gasteiger partial charge in [-0.1, -0.05) is 18.2 Å². The summed E-state index contributed by atoms with van der Waals surface area (Å²) in [6.07, 6.45) is 1.67. The monoisotopic (exact) mass is 561 g/mol. The summed E-state index contributed by atoms with van der Waals surface area (Å²) in [5.74, 6) is 0.344. The molecular formula is C29H35N7O3S. The van der Waals surface area contributed by atoms with Crippen molar-refractivity contribution in [3.8, 4) is 0 Å². The molecule has 11 heteroatoms. The maximum absolute atomic E-state index is 13.1. The summed E-state index contributed by atoms with van der Waals surface area (Å²) < 4.78 is 27.8. The highest BCUT2D eigenvalue weighted by atomic mass is 32.2. The summed E-state index contributed by atoms with van der Waals surface area (Å²) in [7, 11) is 2.27. The number of benzene rings is 2. The molecule has 0 aliphatic carbocycles. The van der Waals surface area contributed by atoms with Crippen LogP contribution in [-0.2, 0) is 16.4 Å². The van der Waals surface area contributed by atoms with Crippen molar-refractivity contribution >= 4 is 38.2 Å². The average Bonchev–Trinajstić information content (AvgIpc) is 2.95. The van der Waals surface area contributed by atoms with Crippen LogP contribution in [-0.4, -0.2) is 92.4 Å². The smallest absolute Gasteiger partial charge is 0.252 e. The van der Waals surface area contributed by atoms with Crippen molar-refractivity contribution in [1.82, 2.24) is 24.3 Å². The first-order valence-corrected chi connectivity index (χ1v) is 15.0. The Morgan fingerprint density at radius 2 is 1.68 bits per heavy atom. The van der Waals surface area contributed by atoms with Crippen LogP contribution in [0.4, 0.5) is 17.3 Å². The number of pyridine rings is 1. The Kier molecular flexibility index (Phi) is 8.15. The van der Waals surface area contributed by atoms with E-state index in [0.29, 0.717) is 29.1 Å². The van der Waals surface area contributed by atoms with Gasteiger partial charge in [0, 0.05) is 61.7 Å². The second-order valence-corrected chi connectivity index (χ2v) is 12.5. The zero-order valence-electron chi connectivity index (χ0n) is 23.1. The highest BCUT2D eigenvalue weighted by Gasteiger charge is 2.20. The predicted molar refractivity (Wildman–Crippen MR) is 159 cm³/mol. The van der Waals surface area contributed by atoms with Crippen LogP contribution < -0.4 is 15.8 Å². The number of fused-ring (bicyclic) bond motifs is 1. The summed E-state index contributed by atoms with van der Waals surface area (Å²) in [5, 5.41) is 3.93. The van der Waals surface area contributed by atoms with Crippen LogP contribution in [0, 0.1) is 0 Å². The van der Waals surface area contributed by atoms with E-state index in [-0.39, 0.29) is 22.8 Å². The van der Waals surface area contributed by atoms with Crippen LogP contribution in [0.3, 0.4) is 0 Å². The second-order valence-electron chi connectivity index (χ2n) is 10.4. The van der Waals surface area contributed by atoms with Gasteiger partial charge in [-0.25, -0.2) is 13.4 Å². The third kappa shape index (κ3) is 6.33. The fourth-order valence-corrected chi connectivity index (χ4v) is 6.40. The number of piperazine rings is 1. The molecule has 210 valence electrons. The molecule has 1 saturated heterocycles. The van der Waals surface area contributed by atoms with Gasteiger partial charge in [-0.15, -0.1) is 0 Å². The topological polar surface area (TPSA) is 104 Å². The van der Waals surface area contributed by atoms with Crippen molar-refractivity contribution in [2.45, 2.75) is 11.4 Å². The molecule has 1 aliphatic heterocycles. The van der Waals surface area contributed by atoms with Crippen molar-refractivity contribution < 1.29 is 8.42 Å². The molecule has 0 radical (unpaired) electrons. The lowest BCUT2D eigenvalue weighted by molar-refractivity contribution is 0.313. The van der Waals surface area contributed by atoms with Crippen LogP contribution >= 0.6 is 0 Å². The van der Waals surface area contributed by atoms with Gasteiger partial charge >= 0.3 is 0 Å². The van der Waals surface area contributed by atoms with Crippen LogP contribution in [0.1, 0.15) is 5.56 Å². The number of likely N-dealkylation sites (N-methyl/N-ethyl adjacent to an activating group) is 1. The minimum Gasteiger partial charge on any atom is -0.369 e. The average molecular weight is 562 g/mol. The first-order chi connectivity index (χ1) is 19.2. The summed E-state index contributed by atoms with van der Waals surface area (Å²) in [5.41, 5.74) is 2.71. The lowest BCUT2D eigenvalue weighted by atomic mass is 10.2. The standard InChI is InChI=1S/C29H35N7O3S/c1-33(2)18-19-40(38,39)26-7-5-4-6-23(26)21-36-27(37)13-8-22-20-30-29(32-28(22)36)31-24-9-11-25(12-10-24)35-16-14-34(3)15-17-35/h4-13,20H,14-19,21H2,1-3H3,(H,30,31,32). The molecule has 0 unspecified atom stereocenters. The maximum Gasteiger partial charge on any atom is 0.252 e. The van der Waals surface area contributed by atoms with Gasteiger partial charge in [0.2, 0.25) is 5.95 Å². The fourth-order valence-electron chi connectivity index (χ4n) is 4.75. The number of hydrogen-bond acceptors (Lipinski definition) is 9. The number of nitrogens with zero attached hydrogens (tertiary/aromatic N) is 6. The molecule has 10 nitrogen and oxygen atoms in total. The summed E-state index contributed by atoms with van der Waals surface area (Å²) in [6, 6.07) is 18.1. The van der Waals surface area contributed by atoms with Gasteiger partial charge in [0.05, 0.1) is 17.2 Å². The van der Waals surface area contributed by atoms with Crippen molar-refractivity contribution in [3.05, 3.63) is 82.8 Å². The maximum atomic E-state index is 13.1. The lowest BCUT2D eigenvalue weighted by Crippen LogP contribution is -2.44. The van der Waals surface area contributed by atoms with Gasteiger partial charge < -0.3 is 20.0 Å². The molecule has 0 atom stereocenters. The molecule has 2 aromatic carbocycles. The van der Waals surface area contributed by atoms with Gasteiger partial charge in [0.15, 0.2) is 9.84 Å². The largest absolute Gasteiger partial charge is 0.369 e. The van der Waals surface area contributed by atoms with Crippen LogP contribution in [0.25, 0.3) is 11.0 Å². The zero-order chi connectivity index (χ0) is 28.3. The molecular weight excluding hydrogens is 526 g/mol. The van der Waals surface area contributed by atoms with Crippen molar-refractivity contribution in [2.75, 3.05) is 69.8 Å². The summed E-state index contributed by atoms with van der Waals surface area (Å²) in [6.45, 7) is 4.55. The van der Waals surface area contributed by atoms with Gasteiger partial charge in [-0.2, -0.15) is 4.98 Å². The van der Waals surface area contributed by atoms with E-state index in [4.69, 9.17) is 0 Å². The normalized spacial score (nSPS) is 14.7. The van der Waals surface area contributed by atoms with Crippen LogP contribution in [0.5, 0.6) is 0 Å². The summed E-state index contributed by atoms with van der Waals surface area (Å²) >= 11 is 0. The van der Waals surface area contributed by atoms with E-state index in [2.05, 4.69) is 44.3 Å². The highest BCUT2D eigenvalue weighted by molar-refractivity contribution is 7.91. The molecule has 4 aromatic rings. The number of aromatic nitrogens is 3. The fraction of sp³-hybridized carbons (Fsp3) is 0.345. The second kappa shape index (κ2) is 11.7. The SMILES string of the molecule is CN(C)CCS(=O)(=O)c1ccccc1Cn1c(=O)ccc2cnc(Nc3ccc(N4CCN(C)CC4)cc3)nc21. The molecule has 5 rings (SSSR count). The third-order valence-electron chi connectivity index (χ3n) is 7.16. The van der Waals surface area contributed by atoms with E-state index in [0.717, 1.165) is 31.9 Å². The minimum atomic E-state index is -3.54. The Morgan fingerprint density at radius 1 is 0.950 bits per heavy atom. The van der Waals surface area contributed by atoms with E-state index in [1.807, 2.05) is 31.1 Å². The van der Waals surface area contributed by atoms with Crippen molar-refractivity contribution in [3.63, 3.8) is 0 Å². The molecule has 0 spiro atoms. The highest BCUT2D eigenvalue weighted by Crippen LogP contribution is 2.23. The first kappa shape index (κ1) is 27.8.